The number of aliphatic hydroxyl groups excluding tert-OH is 1. The van der Waals surface area contributed by atoms with E-state index in [2.05, 4.69) is 15.0 Å². The van der Waals surface area contributed by atoms with Gasteiger partial charge in [0, 0.05) is 0 Å². The van der Waals surface area contributed by atoms with Crippen LogP contribution in [0, 0.1) is 5.92 Å². The Hall–Kier alpha value is -2.27. The summed E-state index contributed by atoms with van der Waals surface area (Å²) in [6, 6.07) is 7.96. The Labute approximate surface area is 123 Å². The summed E-state index contributed by atoms with van der Waals surface area (Å²) < 4.78 is 1.98. The molecule has 0 bridgehead atoms. The van der Waals surface area contributed by atoms with Crippen LogP contribution in [0.25, 0.3) is 11.2 Å². The molecule has 0 spiro atoms. The Kier molecular flexibility index (Phi) is 3.66. The van der Waals surface area contributed by atoms with Crippen molar-refractivity contribution < 1.29 is 5.11 Å². The highest BCUT2D eigenvalue weighted by molar-refractivity contribution is 5.68. The molecule has 1 aromatic carbocycles. The number of imidazole rings is 1. The molecule has 108 valence electrons. The van der Waals surface area contributed by atoms with Gasteiger partial charge in [-0.15, -0.1) is 0 Å². The number of aliphatic hydroxyl groups is 1. The van der Waals surface area contributed by atoms with Crippen molar-refractivity contribution in [3.05, 3.63) is 54.2 Å². The van der Waals surface area contributed by atoms with Crippen LogP contribution in [-0.4, -0.2) is 24.6 Å². The summed E-state index contributed by atoms with van der Waals surface area (Å²) in [6.07, 6.45) is 4.52. The number of nitrogens with zero attached hydrogens (tertiary/aromatic N) is 4. The van der Waals surface area contributed by atoms with Crippen molar-refractivity contribution in [2.45, 2.75) is 26.5 Å². The van der Waals surface area contributed by atoms with Crippen LogP contribution < -0.4 is 0 Å². The van der Waals surface area contributed by atoms with E-state index < -0.39 is 6.10 Å². The van der Waals surface area contributed by atoms with Crippen LogP contribution in [0.1, 0.15) is 31.1 Å². The number of hydrogen-bond acceptors (Lipinski definition) is 4. The quantitative estimate of drug-likeness (QED) is 0.798. The summed E-state index contributed by atoms with van der Waals surface area (Å²) >= 11 is 0. The van der Waals surface area contributed by atoms with Gasteiger partial charge < -0.3 is 9.67 Å². The van der Waals surface area contributed by atoms with E-state index in [1.165, 1.54) is 6.33 Å². The summed E-state index contributed by atoms with van der Waals surface area (Å²) in [6.45, 7) is 4.66. The maximum Gasteiger partial charge on any atom is 0.163 e. The van der Waals surface area contributed by atoms with Crippen molar-refractivity contribution in [3.63, 3.8) is 0 Å². The first-order chi connectivity index (χ1) is 10.2. The van der Waals surface area contributed by atoms with Gasteiger partial charge in [0.05, 0.1) is 25.2 Å². The zero-order chi connectivity index (χ0) is 14.8. The van der Waals surface area contributed by atoms with Gasteiger partial charge in [-0.2, -0.15) is 0 Å². The molecule has 0 aliphatic carbocycles. The van der Waals surface area contributed by atoms with Gasteiger partial charge in [0.1, 0.15) is 11.8 Å². The van der Waals surface area contributed by atoms with Crippen LogP contribution in [0.4, 0.5) is 0 Å². The molecule has 1 N–H and O–H groups in total. The van der Waals surface area contributed by atoms with Crippen LogP contribution in [-0.2, 0) is 6.54 Å². The SMILES string of the molecule is CC(C)C(O)c1ccccc1Cn1cnc2cncnc21. The van der Waals surface area contributed by atoms with E-state index >= 15 is 0 Å². The Morgan fingerprint density at radius 2 is 2.00 bits per heavy atom. The first-order valence-electron chi connectivity index (χ1n) is 7.03. The number of rotatable bonds is 4. The van der Waals surface area contributed by atoms with Gasteiger partial charge in [-0.3, -0.25) is 0 Å². The van der Waals surface area contributed by atoms with Crippen molar-refractivity contribution in [1.29, 1.82) is 0 Å². The molecule has 2 aromatic heterocycles. The van der Waals surface area contributed by atoms with Crippen LogP contribution in [0.3, 0.4) is 0 Å². The van der Waals surface area contributed by atoms with Gasteiger partial charge in [-0.05, 0) is 17.0 Å². The van der Waals surface area contributed by atoms with E-state index in [0.717, 1.165) is 22.3 Å². The minimum atomic E-state index is -0.467. The molecule has 2 heterocycles. The Morgan fingerprint density at radius 3 is 2.81 bits per heavy atom. The molecule has 3 aromatic rings. The lowest BCUT2D eigenvalue weighted by molar-refractivity contribution is 0.126. The van der Waals surface area contributed by atoms with Gasteiger partial charge >= 0.3 is 0 Å². The van der Waals surface area contributed by atoms with Gasteiger partial charge in [0.25, 0.3) is 0 Å². The summed E-state index contributed by atoms with van der Waals surface area (Å²) in [5, 5.41) is 10.4. The van der Waals surface area contributed by atoms with E-state index in [1.54, 1.807) is 12.5 Å². The predicted molar refractivity (Wildman–Crippen MR) is 80.7 cm³/mol. The lowest BCUT2D eigenvalue weighted by atomic mass is 9.95. The number of fused-ring (bicyclic) bond motifs is 1. The number of aromatic nitrogens is 4. The minimum Gasteiger partial charge on any atom is -0.388 e. The van der Waals surface area contributed by atoms with Crippen molar-refractivity contribution in [1.82, 2.24) is 19.5 Å². The molecule has 0 aliphatic heterocycles. The predicted octanol–water partition coefficient (Wildman–Crippen LogP) is 2.56. The summed E-state index contributed by atoms with van der Waals surface area (Å²) in [5.41, 5.74) is 3.62. The average Bonchev–Trinajstić information content (AvgIpc) is 2.90. The Morgan fingerprint density at radius 1 is 1.19 bits per heavy atom. The van der Waals surface area contributed by atoms with Crippen molar-refractivity contribution in [3.8, 4) is 0 Å². The lowest BCUT2D eigenvalue weighted by Gasteiger charge is -2.19. The normalized spacial score (nSPS) is 13.0. The van der Waals surface area contributed by atoms with Crippen LogP contribution in [0.5, 0.6) is 0 Å². The molecular weight excluding hydrogens is 264 g/mol. The largest absolute Gasteiger partial charge is 0.388 e. The molecule has 0 radical (unpaired) electrons. The fourth-order valence-corrected chi connectivity index (χ4v) is 2.44. The molecule has 0 saturated carbocycles. The minimum absolute atomic E-state index is 0.174. The van der Waals surface area contributed by atoms with Crippen molar-refractivity contribution >= 4 is 11.2 Å². The molecule has 5 nitrogen and oxygen atoms in total. The number of benzene rings is 1. The highest BCUT2D eigenvalue weighted by Gasteiger charge is 2.16. The fraction of sp³-hybridized carbons (Fsp3) is 0.312. The molecule has 21 heavy (non-hydrogen) atoms. The maximum absolute atomic E-state index is 10.4. The topological polar surface area (TPSA) is 63.8 Å². The second-order valence-corrected chi connectivity index (χ2v) is 5.49. The molecular formula is C16H18N4O. The van der Waals surface area contributed by atoms with Crippen LogP contribution in [0.2, 0.25) is 0 Å². The summed E-state index contributed by atoms with van der Waals surface area (Å²) in [7, 11) is 0. The third-order valence-electron chi connectivity index (χ3n) is 3.63. The second kappa shape index (κ2) is 5.61. The third kappa shape index (κ3) is 2.64. The highest BCUT2D eigenvalue weighted by Crippen LogP contribution is 2.25. The first kappa shape index (κ1) is 13.7. The summed E-state index contributed by atoms with van der Waals surface area (Å²) in [5.74, 6) is 0.174. The molecule has 0 fully saturated rings. The zero-order valence-corrected chi connectivity index (χ0v) is 12.1. The maximum atomic E-state index is 10.4. The molecule has 1 unspecified atom stereocenters. The lowest BCUT2D eigenvalue weighted by Crippen LogP contribution is -2.10. The van der Waals surface area contributed by atoms with E-state index in [4.69, 9.17) is 0 Å². The average molecular weight is 282 g/mol. The van der Waals surface area contributed by atoms with Crippen molar-refractivity contribution in [2.75, 3.05) is 0 Å². The smallest absolute Gasteiger partial charge is 0.163 e. The monoisotopic (exact) mass is 282 g/mol. The second-order valence-electron chi connectivity index (χ2n) is 5.49. The van der Waals surface area contributed by atoms with Crippen LogP contribution >= 0.6 is 0 Å². The number of hydrogen-bond donors (Lipinski definition) is 1. The first-order valence-corrected chi connectivity index (χ1v) is 7.03. The van der Waals surface area contributed by atoms with Gasteiger partial charge in [-0.1, -0.05) is 38.1 Å². The van der Waals surface area contributed by atoms with E-state index in [1.807, 2.05) is 42.7 Å². The molecule has 0 aliphatic rings. The molecule has 1 atom stereocenters. The molecule has 5 heteroatoms. The summed E-state index contributed by atoms with van der Waals surface area (Å²) in [4.78, 5) is 12.5. The van der Waals surface area contributed by atoms with E-state index in [0.29, 0.717) is 6.54 Å². The van der Waals surface area contributed by atoms with Crippen molar-refractivity contribution in [2.24, 2.45) is 5.92 Å². The Bertz CT molecular complexity index is 751. The van der Waals surface area contributed by atoms with Crippen LogP contribution in [0.15, 0.2) is 43.1 Å². The zero-order valence-electron chi connectivity index (χ0n) is 12.1. The molecule has 0 amide bonds. The standard InChI is InChI=1S/C16H18N4O/c1-11(2)15(21)13-6-4-3-5-12(13)8-20-10-19-14-7-17-9-18-16(14)20/h3-7,9-11,15,21H,8H2,1-2H3. The fourth-order valence-electron chi connectivity index (χ4n) is 2.44. The molecule has 0 saturated heterocycles. The van der Waals surface area contributed by atoms with Gasteiger partial charge in [0.2, 0.25) is 0 Å². The molecule has 3 rings (SSSR count). The Balaban J connectivity index is 1.98. The third-order valence-corrected chi connectivity index (χ3v) is 3.63. The van der Waals surface area contributed by atoms with E-state index in [9.17, 15) is 5.11 Å². The van der Waals surface area contributed by atoms with Gasteiger partial charge in [-0.25, -0.2) is 15.0 Å². The highest BCUT2D eigenvalue weighted by atomic mass is 16.3. The van der Waals surface area contributed by atoms with E-state index in [-0.39, 0.29) is 5.92 Å². The van der Waals surface area contributed by atoms with Gasteiger partial charge in [0.15, 0.2) is 5.65 Å².